The van der Waals surface area contributed by atoms with Gasteiger partial charge >= 0.3 is 0 Å². The molecule has 27 heavy (non-hydrogen) atoms. The third-order valence-corrected chi connectivity index (χ3v) is 6.16. The summed E-state index contributed by atoms with van der Waals surface area (Å²) in [6, 6.07) is 7.41. The molecule has 2 amide bonds. The van der Waals surface area contributed by atoms with Gasteiger partial charge in [0.05, 0.1) is 23.3 Å². The maximum absolute atomic E-state index is 12.8. The molecule has 142 valence electrons. The molecule has 2 aliphatic rings. The normalized spacial score (nSPS) is 22.7. The summed E-state index contributed by atoms with van der Waals surface area (Å²) in [5, 5.41) is 6.10. The van der Waals surface area contributed by atoms with E-state index in [1.165, 1.54) is 12.8 Å². The number of aryl methyl sites for hydroxylation is 1. The number of carbonyl (C=O) groups is 2. The third-order valence-electron chi connectivity index (χ3n) is 5.10. The monoisotopic (exact) mass is 385 g/mol. The lowest BCUT2D eigenvalue weighted by Gasteiger charge is -2.38. The first kappa shape index (κ1) is 18.1. The summed E-state index contributed by atoms with van der Waals surface area (Å²) in [5.74, 6) is 0.269. The van der Waals surface area contributed by atoms with E-state index in [-0.39, 0.29) is 18.4 Å². The molecule has 1 aliphatic carbocycles. The van der Waals surface area contributed by atoms with Crippen molar-refractivity contribution >= 4 is 23.2 Å². The molecule has 2 fully saturated rings. The van der Waals surface area contributed by atoms with Gasteiger partial charge in [0, 0.05) is 18.3 Å². The zero-order chi connectivity index (χ0) is 19.0. The van der Waals surface area contributed by atoms with Gasteiger partial charge in [-0.2, -0.15) is 0 Å². The number of ether oxygens (including phenoxy) is 1. The van der Waals surface area contributed by atoms with Crippen molar-refractivity contribution in [2.24, 2.45) is 0 Å². The summed E-state index contributed by atoms with van der Waals surface area (Å²) in [6.45, 7) is 2.30. The summed E-state index contributed by atoms with van der Waals surface area (Å²) >= 11 is 1.66. The van der Waals surface area contributed by atoms with Crippen molar-refractivity contribution in [2.75, 3.05) is 13.7 Å². The second-order valence-corrected chi connectivity index (χ2v) is 8.15. The van der Waals surface area contributed by atoms with Crippen LogP contribution in [0.25, 0.3) is 0 Å². The van der Waals surface area contributed by atoms with Crippen molar-refractivity contribution in [3.8, 4) is 0 Å². The Labute approximate surface area is 162 Å². The van der Waals surface area contributed by atoms with E-state index in [1.54, 1.807) is 23.3 Å². The van der Waals surface area contributed by atoms with E-state index >= 15 is 0 Å². The Hall–Kier alpha value is -2.25. The predicted octanol–water partition coefficient (Wildman–Crippen LogP) is 2.54. The summed E-state index contributed by atoms with van der Waals surface area (Å²) < 4.78 is 5.64. The molecule has 6 nitrogen and oxygen atoms in total. The highest BCUT2D eigenvalue weighted by Crippen LogP contribution is 2.41. The van der Waals surface area contributed by atoms with Crippen LogP contribution in [0.1, 0.15) is 46.6 Å². The molecule has 1 saturated carbocycles. The van der Waals surface area contributed by atoms with Crippen LogP contribution in [-0.2, 0) is 20.9 Å². The van der Waals surface area contributed by atoms with E-state index in [4.69, 9.17) is 4.74 Å². The van der Waals surface area contributed by atoms with Gasteiger partial charge in [0.1, 0.15) is 6.61 Å². The molecule has 2 unspecified atom stereocenters. The molecule has 2 aromatic rings. The molecular formula is C20H23N3O3S. The Bertz CT molecular complexity index is 844. The molecule has 0 radical (unpaired) electrons. The Morgan fingerprint density at radius 2 is 2.07 bits per heavy atom. The van der Waals surface area contributed by atoms with Crippen molar-refractivity contribution in [2.45, 2.75) is 44.4 Å². The minimum Gasteiger partial charge on any atom is -0.356 e. The van der Waals surface area contributed by atoms with Gasteiger partial charge in [-0.05, 0) is 25.3 Å². The van der Waals surface area contributed by atoms with Crippen LogP contribution in [0, 0.1) is 6.92 Å². The summed E-state index contributed by atoms with van der Waals surface area (Å²) in [7, 11) is 1.72. The molecule has 1 saturated heterocycles. The summed E-state index contributed by atoms with van der Waals surface area (Å²) in [4.78, 5) is 31.2. The Morgan fingerprint density at radius 3 is 2.78 bits per heavy atom. The first-order valence-electron chi connectivity index (χ1n) is 9.19. The number of carbonyl (C=O) groups excluding carboxylic acids is 2. The molecule has 4 rings (SSSR count). The van der Waals surface area contributed by atoms with E-state index in [1.807, 2.05) is 36.6 Å². The van der Waals surface area contributed by atoms with E-state index in [0.717, 1.165) is 21.8 Å². The predicted molar refractivity (Wildman–Crippen MR) is 102 cm³/mol. The van der Waals surface area contributed by atoms with Gasteiger partial charge in [0.15, 0.2) is 6.10 Å². The summed E-state index contributed by atoms with van der Waals surface area (Å²) in [5.41, 5.74) is 2.89. The SMILES string of the molecule is Cc1ccc(C2C(C(=O)NCc3csc(C4CC4)n3)OCC(=O)N2C)cc1. The van der Waals surface area contributed by atoms with E-state index in [2.05, 4.69) is 10.3 Å². The van der Waals surface area contributed by atoms with Gasteiger partial charge in [0.25, 0.3) is 5.91 Å². The van der Waals surface area contributed by atoms with Gasteiger partial charge < -0.3 is 15.0 Å². The lowest BCUT2D eigenvalue weighted by molar-refractivity contribution is -0.162. The largest absolute Gasteiger partial charge is 0.356 e. The van der Waals surface area contributed by atoms with E-state index in [0.29, 0.717) is 12.5 Å². The number of hydrogen-bond acceptors (Lipinski definition) is 5. The topological polar surface area (TPSA) is 71.5 Å². The zero-order valence-corrected chi connectivity index (χ0v) is 16.3. The lowest BCUT2D eigenvalue weighted by Crippen LogP contribution is -2.52. The van der Waals surface area contributed by atoms with E-state index in [9.17, 15) is 9.59 Å². The number of hydrogen-bond donors (Lipinski definition) is 1. The second-order valence-electron chi connectivity index (χ2n) is 7.26. The Morgan fingerprint density at radius 1 is 1.33 bits per heavy atom. The van der Waals surface area contributed by atoms with E-state index < -0.39 is 12.1 Å². The number of nitrogens with one attached hydrogen (secondary N) is 1. The van der Waals surface area contributed by atoms with Crippen molar-refractivity contribution in [3.05, 3.63) is 51.5 Å². The van der Waals surface area contributed by atoms with Crippen LogP contribution in [-0.4, -0.2) is 41.5 Å². The first-order chi connectivity index (χ1) is 13.0. The number of benzene rings is 1. The maximum Gasteiger partial charge on any atom is 0.252 e. The van der Waals surface area contributed by atoms with Crippen molar-refractivity contribution in [3.63, 3.8) is 0 Å². The molecule has 2 atom stereocenters. The molecule has 1 aromatic heterocycles. The van der Waals surface area contributed by atoms with Crippen LogP contribution in [0.2, 0.25) is 0 Å². The van der Waals surface area contributed by atoms with Crippen molar-refractivity contribution in [1.29, 1.82) is 0 Å². The smallest absolute Gasteiger partial charge is 0.252 e. The van der Waals surface area contributed by atoms with Crippen LogP contribution in [0.4, 0.5) is 0 Å². The number of thiazole rings is 1. The number of rotatable bonds is 5. The van der Waals surface area contributed by atoms with Crippen LogP contribution in [0.5, 0.6) is 0 Å². The van der Waals surface area contributed by atoms with Gasteiger partial charge in [-0.1, -0.05) is 29.8 Å². The summed E-state index contributed by atoms with van der Waals surface area (Å²) in [6.07, 6.45) is 1.69. The highest BCUT2D eigenvalue weighted by Gasteiger charge is 2.40. The molecule has 1 aliphatic heterocycles. The first-order valence-corrected chi connectivity index (χ1v) is 10.1. The zero-order valence-electron chi connectivity index (χ0n) is 15.5. The quantitative estimate of drug-likeness (QED) is 0.859. The number of amides is 2. The van der Waals surface area contributed by atoms with Crippen LogP contribution in [0.3, 0.4) is 0 Å². The Balaban J connectivity index is 1.47. The van der Waals surface area contributed by atoms with Gasteiger partial charge in [-0.25, -0.2) is 4.98 Å². The third kappa shape index (κ3) is 3.89. The fraction of sp³-hybridized carbons (Fsp3) is 0.450. The number of morpholine rings is 1. The molecule has 7 heteroatoms. The number of likely N-dealkylation sites (N-methyl/N-ethyl adjacent to an activating group) is 1. The molecular weight excluding hydrogens is 362 g/mol. The Kier molecular flexibility index (Phi) is 4.97. The van der Waals surface area contributed by atoms with Crippen LogP contribution < -0.4 is 5.32 Å². The highest BCUT2D eigenvalue weighted by molar-refractivity contribution is 7.09. The molecule has 1 aromatic carbocycles. The number of nitrogens with zero attached hydrogens (tertiary/aromatic N) is 2. The van der Waals surface area contributed by atoms with Crippen LogP contribution in [0.15, 0.2) is 29.6 Å². The van der Waals surface area contributed by atoms with Crippen molar-refractivity contribution in [1.82, 2.24) is 15.2 Å². The van der Waals surface area contributed by atoms with Crippen LogP contribution >= 0.6 is 11.3 Å². The average molecular weight is 385 g/mol. The molecule has 0 bridgehead atoms. The average Bonchev–Trinajstić information content (AvgIpc) is 3.41. The minimum absolute atomic E-state index is 0.0839. The minimum atomic E-state index is -0.739. The van der Waals surface area contributed by atoms with Gasteiger partial charge in [-0.3, -0.25) is 9.59 Å². The highest BCUT2D eigenvalue weighted by atomic mass is 32.1. The fourth-order valence-corrected chi connectivity index (χ4v) is 4.28. The molecule has 2 heterocycles. The number of aromatic nitrogens is 1. The standard InChI is InChI=1S/C20H23N3O3S/c1-12-3-5-13(6-4-12)17-18(26-10-16(24)23(17)2)19(25)21-9-15-11-27-20(22-15)14-7-8-14/h3-6,11,14,17-18H,7-10H2,1-2H3,(H,21,25). The second kappa shape index (κ2) is 7.40. The van der Waals surface area contributed by atoms with Crippen molar-refractivity contribution < 1.29 is 14.3 Å². The van der Waals surface area contributed by atoms with Gasteiger partial charge in [0.2, 0.25) is 5.91 Å². The van der Waals surface area contributed by atoms with Gasteiger partial charge in [-0.15, -0.1) is 11.3 Å². The maximum atomic E-state index is 12.8. The molecule has 1 N–H and O–H groups in total. The molecule has 0 spiro atoms. The lowest BCUT2D eigenvalue weighted by atomic mass is 9.97. The fourth-order valence-electron chi connectivity index (χ4n) is 3.29.